The lowest BCUT2D eigenvalue weighted by atomic mass is 10.1. The highest BCUT2D eigenvalue weighted by Gasteiger charge is 2.09. The quantitative estimate of drug-likeness (QED) is 0.686. The van der Waals surface area contributed by atoms with E-state index < -0.39 is 0 Å². The summed E-state index contributed by atoms with van der Waals surface area (Å²) < 4.78 is 13.8. The Labute approximate surface area is 152 Å². The monoisotopic (exact) mass is 403 g/mol. The van der Waals surface area contributed by atoms with Crippen LogP contribution in [0.1, 0.15) is 5.56 Å². The smallest absolute Gasteiger partial charge is 0.243 e. The molecule has 0 saturated heterocycles. The normalized spacial score (nSPS) is 10.6. The minimum atomic E-state index is -0.272. The molecule has 0 atom stereocenters. The summed E-state index contributed by atoms with van der Waals surface area (Å²) in [6.07, 6.45) is 0.626. The maximum absolute atomic E-state index is 12.8. The summed E-state index contributed by atoms with van der Waals surface area (Å²) in [7, 11) is 0. The Balaban J connectivity index is 1.49. The molecule has 0 aliphatic rings. The number of amides is 1. The standard InChI is InChI=1S/C17H15BrFN5O/c18-14-5-3-13(4-6-14)17-21-23-24(22-17)11-16(25)20-10-9-12-1-7-15(19)8-2-12/h1-8H,9-11H2,(H,20,25). The van der Waals surface area contributed by atoms with Gasteiger partial charge in [-0.05, 0) is 53.6 Å². The van der Waals surface area contributed by atoms with Gasteiger partial charge in [0.2, 0.25) is 11.7 Å². The Morgan fingerprint density at radius 3 is 2.56 bits per heavy atom. The predicted octanol–water partition coefficient (Wildman–Crippen LogP) is 2.60. The van der Waals surface area contributed by atoms with Crippen LogP contribution in [-0.2, 0) is 17.8 Å². The minimum Gasteiger partial charge on any atom is -0.354 e. The number of aromatic nitrogens is 4. The number of carbonyl (C=O) groups excluding carboxylic acids is 1. The van der Waals surface area contributed by atoms with Gasteiger partial charge in [-0.25, -0.2) is 4.39 Å². The average Bonchev–Trinajstić information content (AvgIpc) is 3.06. The molecule has 1 N–H and O–H groups in total. The molecule has 128 valence electrons. The fourth-order valence-electron chi connectivity index (χ4n) is 2.21. The van der Waals surface area contributed by atoms with Gasteiger partial charge in [0.05, 0.1) is 0 Å². The van der Waals surface area contributed by atoms with E-state index in [4.69, 9.17) is 0 Å². The van der Waals surface area contributed by atoms with Crippen molar-refractivity contribution in [3.05, 3.63) is 64.4 Å². The molecule has 1 amide bonds. The van der Waals surface area contributed by atoms with Crippen LogP contribution in [0.2, 0.25) is 0 Å². The van der Waals surface area contributed by atoms with Crippen LogP contribution in [0.4, 0.5) is 4.39 Å². The first-order valence-electron chi connectivity index (χ1n) is 7.65. The second-order valence-corrected chi connectivity index (χ2v) is 6.29. The zero-order chi connectivity index (χ0) is 17.6. The fourth-order valence-corrected chi connectivity index (χ4v) is 2.47. The molecule has 0 spiro atoms. The molecule has 3 rings (SSSR count). The highest BCUT2D eigenvalue weighted by Crippen LogP contribution is 2.17. The molecule has 25 heavy (non-hydrogen) atoms. The topological polar surface area (TPSA) is 72.7 Å². The van der Waals surface area contributed by atoms with E-state index in [0.29, 0.717) is 18.8 Å². The van der Waals surface area contributed by atoms with Crippen molar-refractivity contribution < 1.29 is 9.18 Å². The Morgan fingerprint density at radius 2 is 1.84 bits per heavy atom. The van der Waals surface area contributed by atoms with Gasteiger partial charge in [0.25, 0.3) is 0 Å². The number of halogens is 2. The van der Waals surface area contributed by atoms with Gasteiger partial charge in [-0.2, -0.15) is 4.80 Å². The number of hydrogen-bond acceptors (Lipinski definition) is 4. The lowest BCUT2D eigenvalue weighted by Gasteiger charge is -2.04. The van der Waals surface area contributed by atoms with Crippen LogP contribution >= 0.6 is 15.9 Å². The van der Waals surface area contributed by atoms with Crippen molar-refractivity contribution in [2.75, 3.05) is 6.54 Å². The van der Waals surface area contributed by atoms with Crippen LogP contribution in [0, 0.1) is 5.82 Å². The molecule has 1 aromatic heterocycles. The highest BCUT2D eigenvalue weighted by atomic mass is 79.9. The third kappa shape index (κ3) is 4.93. The summed E-state index contributed by atoms with van der Waals surface area (Å²) in [6, 6.07) is 13.7. The first-order valence-corrected chi connectivity index (χ1v) is 8.44. The molecule has 8 heteroatoms. The van der Waals surface area contributed by atoms with Crippen LogP contribution < -0.4 is 5.32 Å². The lowest BCUT2D eigenvalue weighted by Crippen LogP contribution is -2.30. The molecular weight excluding hydrogens is 389 g/mol. The second-order valence-electron chi connectivity index (χ2n) is 5.38. The van der Waals surface area contributed by atoms with E-state index in [9.17, 15) is 9.18 Å². The number of benzene rings is 2. The molecule has 0 aliphatic carbocycles. The van der Waals surface area contributed by atoms with Gasteiger partial charge in [0.15, 0.2) is 0 Å². The molecule has 2 aromatic carbocycles. The largest absolute Gasteiger partial charge is 0.354 e. The van der Waals surface area contributed by atoms with Crippen LogP contribution in [0.3, 0.4) is 0 Å². The highest BCUT2D eigenvalue weighted by molar-refractivity contribution is 9.10. The molecule has 1 heterocycles. The van der Waals surface area contributed by atoms with Gasteiger partial charge >= 0.3 is 0 Å². The molecule has 0 unspecified atom stereocenters. The second kappa shape index (κ2) is 7.98. The van der Waals surface area contributed by atoms with Crippen molar-refractivity contribution in [1.82, 2.24) is 25.5 Å². The number of rotatable bonds is 6. The summed E-state index contributed by atoms with van der Waals surface area (Å²) in [5.41, 5.74) is 1.78. The van der Waals surface area contributed by atoms with Gasteiger partial charge in [0, 0.05) is 16.6 Å². The van der Waals surface area contributed by atoms with Crippen molar-refractivity contribution in [2.24, 2.45) is 0 Å². The maximum Gasteiger partial charge on any atom is 0.243 e. The van der Waals surface area contributed by atoms with Crippen molar-refractivity contribution >= 4 is 21.8 Å². The zero-order valence-corrected chi connectivity index (χ0v) is 14.8. The molecule has 3 aromatic rings. The Kier molecular flexibility index (Phi) is 5.49. The van der Waals surface area contributed by atoms with E-state index in [-0.39, 0.29) is 18.3 Å². The molecule has 0 radical (unpaired) electrons. The molecule has 0 saturated carbocycles. The van der Waals surface area contributed by atoms with E-state index >= 15 is 0 Å². The van der Waals surface area contributed by atoms with Crippen molar-refractivity contribution in [2.45, 2.75) is 13.0 Å². The number of carbonyl (C=O) groups is 1. The van der Waals surface area contributed by atoms with Crippen molar-refractivity contribution in [3.8, 4) is 11.4 Å². The fraction of sp³-hybridized carbons (Fsp3) is 0.176. The van der Waals surface area contributed by atoms with Crippen molar-refractivity contribution in [3.63, 3.8) is 0 Å². The minimum absolute atomic E-state index is 0.00700. The molecule has 0 fully saturated rings. The van der Waals surface area contributed by atoms with E-state index in [2.05, 4.69) is 36.7 Å². The van der Waals surface area contributed by atoms with E-state index in [1.165, 1.54) is 16.9 Å². The van der Waals surface area contributed by atoms with Crippen LogP contribution in [0.25, 0.3) is 11.4 Å². The van der Waals surface area contributed by atoms with Gasteiger partial charge in [0.1, 0.15) is 12.4 Å². The predicted molar refractivity (Wildman–Crippen MR) is 94.1 cm³/mol. The Bertz CT molecular complexity index is 848. The number of nitrogens with one attached hydrogen (secondary N) is 1. The van der Waals surface area contributed by atoms with Crippen LogP contribution in [0.5, 0.6) is 0 Å². The van der Waals surface area contributed by atoms with Gasteiger partial charge in [-0.15, -0.1) is 10.2 Å². The van der Waals surface area contributed by atoms with Gasteiger partial charge in [-0.1, -0.05) is 28.1 Å². The molecule has 0 bridgehead atoms. The summed E-state index contributed by atoms with van der Waals surface area (Å²) in [6.45, 7) is 0.450. The molecule has 0 aliphatic heterocycles. The third-order valence-electron chi connectivity index (χ3n) is 3.49. The average molecular weight is 404 g/mol. The molecule has 6 nitrogen and oxygen atoms in total. The SMILES string of the molecule is O=C(Cn1nnc(-c2ccc(Br)cc2)n1)NCCc1ccc(F)cc1. The number of hydrogen-bond donors (Lipinski definition) is 1. The van der Waals surface area contributed by atoms with E-state index in [1.54, 1.807) is 12.1 Å². The zero-order valence-electron chi connectivity index (χ0n) is 13.2. The van der Waals surface area contributed by atoms with E-state index in [0.717, 1.165) is 15.6 Å². The maximum atomic E-state index is 12.8. The Hall–Kier alpha value is -2.61. The number of tetrazole rings is 1. The van der Waals surface area contributed by atoms with Gasteiger partial charge in [-0.3, -0.25) is 4.79 Å². The molecular formula is C17H15BrFN5O. The first-order chi connectivity index (χ1) is 12.1. The van der Waals surface area contributed by atoms with Crippen molar-refractivity contribution in [1.29, 1.82) is 0 Å². The summed E-state index contributed by atoms with van der Waals surface area (Å²) in [5, 5.41) is 14.8. The van der Waals surface area contributed by atoms with Crippen LogP contribution in [0.15, 0.2) is 53.0 Å². The lowest BCUT2D eigenvalue weighted by molar-refractivity contribution is -0.122. The number of nitrogens with zero attached hydrogens (tertiary/aromatic N) is 4. The Morgan fingerprint density at radius 1 is 1.12 bits per heavy atom. The first kappa shape index (κ1) is 17.2. The summed E-state index contributed by atoms with van der Waals surface area (Å²) in [4.78, 5) is 13.2. The summed E-state index contributed by atoms with van der Waals surface area (Å²) >= 11 is 3.37. The third-order valence-corrected chi connectivity index (χ3v) is 4.02. The van der Waals surface area contributed by atoms with Crippen LogP contribution in [-0.4, -0.2) is 32.7 Å². The van der Waals surface area contributed by atoms with E-state index in [1.807, 2.05) is 24.3 Å². The van der Waals surface area contributed by atoms with Gasteiger partial charge < -0.3 is 5.32 Å². The summed E-state index contributed by atoms with van der Waals surface area (Å²) in [5.74, 6) is -0.0138.